The molecule has 0 radical (unpaired) electrons. The third kappa shape index (κ3) is 4.54. The normalized spacial score (nSPS) is 13.4. The zero-order chi connectivity index (χ0) is 32.4. The molecule has 0 bridgehead atoms. The lowest BCUT2D eigenvalue weighted by molar-refractivity contribution is 0.597. The van der Waals surface area contributed by atoms with Crippen LogP contribution in [-0.4, -0.2) is 0 Å². The lowest BCUT2D eigenvalue weighted by Gasteiger charge is -2.42. The molecule has 2 nitrogen and oxygen atoms in total. The van der Waals surface area contributed by atoms with Crippen molar-refractivity contribution < 1.29 is 8.81 Å². The molecule has 0 fully saturated rings. The van der Waals surface area contributed by atoms with Gasteiger partial charge in [-0.1, -0.05) is 105 Å². The molecule has 230 valence electrons. The largest absolute Gasteiger partial charge is 0.456 e. The van der Waals surface area contributed by atoms with Crippen LogP contribution in [0.2, 0.25) is 0 Å². The van der Waals surface area contributed by atoms with Crippen LogP contribution in [0.1, 0.15) is 25.0 Å². The Bertz CT molecular complexity index is 2510. The van der Waals surface area contributed by atoms with Crippen LogP contribution >= 0.6 is 0 Å². The zero-order valence-corrected chi connectivity index (χ0v) is 26.7. The minimum atomic E-state index is -0.401. The fraction of sp³-hybridized carbons (Fsp3) is 0.0667. The van der Waals surface area contributed by atoms with E-state index in [9.17, 15) is 4.39 Å². The molecule has 0 atom stereocenters. The summed E-state index contributed by atoms with van der Waals surface area (Å²) in [5.74, 6) is -0.225. The number of hydrogen-bond acceptors (Lipinski definition) is 2. The fourth-order valence-corrected chi connectivity index (χ4v) is 7.41. The molecule has 0 N–H and O–H groups in total. The van der Waals surface area contributed by atoms with Crippen molar-refractivity contribution in [2.45, 2.75) is 19.3 Å². The van der Waals surface area contributed by atoms with Gasteiger partial charge < -0.3 is 9.32 Å². The molecular weight excluding hydrogens is 589 g/mol. The van der Waals surface area contributed by atoms with Gasteiger partial charge >= 0.3 is 0 Å². The molecule has 1 aromatic heterocycles. The summed E-state index contributed by atoms with van der Waals surface area (Å²) in [6.45, 7) is 4.39. The van der Waals surface area contributed by atoms with Gasteiger partial charge in [0.2, 0.25) is 0 Å². The Morgan fingerprint density at radius 3 is 1.85 bits per heavy atom. The van der Waals surface area contributed by atoms with E-state index < -0.39 is 5.41 Å². The molecule has 3 heteroatoms. The number of furan rings is 1. The molecule has 8 aromatic rings. The van der Waals surface area contributed by atoms with E-state index >= 15 is 0 Å². The SMILES string of the molecule is CC1(C)c2cc(F)ccc2N(c2cccc(-c3cccc(-c4ccc5oc6ccccc6c5c4)c3)c2)c2ccc(-c3ccccc3)cc21. The topological polar surface area (TPSA) is 16.4 Å². The molecule has 0 saturated heterocycles. The molecule has 0 spiro atoms. The Morgan fingerprint density at radius 1 is 0.458 bits per heavy atom. The van der Waals surface area contributed by atoms with Crippen molar-refractivity contribution in [1.29, 1.82) is 0 Å². The van der Waals surface area contributed by atoms with Gasteiger partial charge in [-0.2, -0.15) is 0 Å². The van der Waals surface area contributed by atoms with Crippen LogP contribution < -0.4 is 4.90 Å². The standard InChI is InChI=1S/C45H32FNO/c1-45(2)39-27-34(29-10-4-3-5-11-29)18-21-41(39)47(42-22-20-35(46)28-40(42)45)36-15-9-14-32(25-36)30-12-8-13-31(24-30)33-19-23-44-38(26-33)37-16-6-7-17-43(37)48-44/h3-28H,1-2H3. The number of hydrogen-bond donors (Lipinski definition) is 0. The first-order valence-corrected chi connectivity index (χ1v) is 16.4. The van der Waals surface area contributed by atoms with E-state index in [1.165, 1.54) is 0 Å². The smallest absolute Gasteiger partial charge is 0.135 e. The minimum absolute atomic E-state index is 0.225. The summed E-state index contributed by atoms with van der Waals surface area (Å²) in [7, 11) is 0. The summed E-state index contributed by atoms with van der Waals surface area (Å²) in [5, 5.41) is 2.24. The summed E-state index contributed by atoms with van der Waals surface area (Å²) >= 11 is 0. The van der Waals surface area contributed by atoms with Crippen LogP contribution in [0.25, 0.3) is 55.3 Å². The highest BCUT2D eigenvalue weighted by atomic mass is 19.1. The molecule has 0 saturated carbocycles. The van der Waals surface area contributed by atoms with Crippen LogP contribution in [-0.2, 0) is 5.41 Å². The molecule has 1 aliphatic heterocycles. The summed E-state index contributed by atoms with van der Waals surface area (Å²) in [6.07, 6.45) is 0. The summed E-state index contributed by atoms with van der Waals surface area (Å²) in [5.41, 5.74) is 13.5. The molecule has 48 heavy (non-hydrogen) atoms. The fourth-order valence-electron chi connectivity index (χ4n) is 7.41. The number of para-hydroxylation sites is 1. The number of halogens is 1. The predicted octanol–water partition coefficient (Wildman–Crippen LogP) is 12.8. The van der Waals surface area contributed by atoms with Gasteiger partial charge in [0.05, 0.1) is 11.4 Å². The maximum atomic E-state index is 14.9. The van der Waals surface area contributed by atoms with E-state index in [4.69, 9.17) is 4.42 Å². The molecular formula is C45H32FNO. The van der Waals surface area contributed by atoms with E-state index in [-0.39, 0.29) is 5.82 Å². The Kier molecular flexibility index (Phi) is 6.38. The van der Waals surface area contributed by atoms with Crippen LogP contribution in [0.4, 0.5) is 21.5 Å². The van der Waals surface area contributed by atoms with Gasteiger partial charge in [0.1, 0.15) is 17.0 Å². The Morgan fingerprint density at radius 2 is 1.04 bits per heavy atom. The van der Waals surface area contributed by atoms with Crippen LogP contribution in [0.3, 0.4) is 0 Å². The second-order valence-electron chi connectivity index (χ2n) is 13.2. The number of anilines is 3. The van der Waals surface area contributed by atoms with Gasteiger partial charge in [-0.3, -0.25) is 0 Å². The second kappa shape index (κ2) is 10.8. The molecule has 0 aliphatic carbocycles. The van der Waals surface area contributed by atoms with Gasteiger partial charge in [-0.25, -0.2) is 4.39 Å². The minimum Gasteiger partial charge on any atom is -0.456 e. The average Bonchev–Trinajstić information content (AvgIpc) is 3.51. The van der Waals surface area contributed by atoms with E-state index in [1.807, 2.05) is 24.3 Å². The van der Waals surface area contributed by atoms with E-state index in [2.05, 4.69) is 140 Å². The van der Waals surface area contributed by atoms with Gasteiger partial charge in [-0.05, 0) is 111 Å². The highest BCUT2D eigenvalue weighted by Gasteiger charge is 2.37. The van der Waals surface area contributed by atoms with E-state index in [0.717, 1.165) is 83.5 Å². The van der Waals surface area contributed by atoms with Crippen molar-refractivity contribution in [3.63, 3.8) is 0 Å². The van der Waals surface area contributed by atoms with Crippen molar-refractivity contribution in [3.05, 3.63) is 175 Å². The highest BCUT2D eigenvalue weighted by molar-refractivity contribution is 6.06. The number of rotatable bonds is 4. The maximum absolute atomic E-state index is 14.9. The molecule has 7 aromatic carbocycles. The Labute approximate surface area is 279 Å². The number of nitrogens with zero attached hydrogens (tertiary/aromatic N) is 1. The van der Waals surface area contributed by atoms with Gasteiger partial charge in [0.25, 0.3) is 0 Å². The average molecular weight is 622 g/mol. The number of fused-ring (bicyclic) bond motifs is 5. The first-order chi connectivity index (χ1) is 23.4. The van der Waals surface area contributed by atoms with Crippen LogP contribution in [0, 0.1) is 5.82 Å². The van der Waals surface area contributed by atoms with Crippen molar-refractivity contribution in [1.82, 2.24) is 0 Å². The van der Waals surface area contributed by atoms with Crippen molar-refractivity contribution in [3.8, 4) is 33.4 Å². The molecule has 1 aliphatic rings. The summed E-state index contributed by atoms with van der Waals surface area (Å²) < 4.78 is 21.0. The van der Waals surface area contributed by atoms with Crippen molar-refractivity contribution >= 4 is 39.0 Å². The summed E-state index contributed by atoms with van der Waals surface area (Å²) in [4.78, 5) is 2.29. The van der Waals surface area contributed by atoms with Gasteiger partial charge in [-0.15, -0.1) is 0 Å². The quantitative estimate of drug-likeness (QED) is 0.194. The number of benzene rings is 7. The summed E-state index contributed by atoms with van der Waals surface area (Å²) in [6, 6.07) is 54.3. The second-order valence-corrected chi connectivity index (χ2v) is 13.2. The molecule has 9 rings (SSSR count). The molecule has 0 amide bonds. The lowest BCUT2D eigenvalue weighted by Crippen LogP contribution is -2.30. The molecule has 0 unspecified atom stereocenters. The maximum Gasteiger partial charge on any atom is 0.135 e. The van der Waals surface area contributed by atoms with Crippen LogP contribution in [0.5, 0.6) is 0 Å². The Balaban J connectivity index is 1.15. The van der Waals surface area contributed by atoms with E-state index in [0.29, 0.717) is 0 Å². The zero-order valence-electron chi connectivity index (χ0n) is 26.7. The van der Waals surface area contributed by atoms with E-state index in [1.54, 1.807) is 12.1 Å². The van der Waals surface area contributed by atoms with Crippen molar-refractivity contribution in [2.24, 2.45) is 0 Å². The van der Waals surface area contributed by atoms with Crippen molar-refractivity contribution in [2.75, 3.05) is 4.90 Å². The third-order valence-corrected chi connectivity index (χ3v) is 9.90. The van der Waals surface area contributed by atoms with Gasteiger partial charge in [0, 0.05) is 21.9 Å². The monoisotopic (exact) mass is 621 g/mol. The highest BCUT2D eigenvalue weighted by Crippen LogP contribution is 2.53. The van der Waals surface area contributed by atoms with Crippen LogP contribution in [0.15, 0.2) is 162 Å². The Hall–Kier alpha value is -5.93. The lowest BCUT2D eigenvalue weighted by atomic mass is 9.72. The first-order valence-electron chi connectivity index (χ1n) is 16.4. The third-order valence-electron chi connectivity index (χ3n) is 9.90. The predicted molar refractivity (Wildman–Crippen MR) is 197 cm³/mol. The molecule has 2 heterocycles. The first kappa shape index (κ1) is 28.3. The van der Waals surface area contributed by atoms with Gasteiger partial charge in [0.15, 0.2) is 0 Å².